The Morgan fingerprint density at radius 1 is 1.79 bits per heavy atom. The number of aromatic nitrogens is 1. The molecule has 1 fully saturated rings. The fourth-order valence-electron chi connectivity index (χ4n) is 1.51. The summed E-state index contributed by atoms with van der Waals surface area (Å²) in [7, 11) is 0. The number of hydrogen-bond donors (Lipinski definition) is 2. The molecule has 1 aliphatic rings. The van der Waals surface area contributed by atoms with Gasteiger partial charge in [-0.2, -0.15) is 0 Å². The number of carbonyl (C=O) groups is 1. The molecule has 0 saturated carbocycles. The van der Waals surface area contributed by atoms with Gasteiger partial charge in [-0.25, -0.2) is 4.98 Å². The van der Waals surface area contributed by atoms with Crippen LogP contribution in [0.1, 0.15) is 18.5 Å². The molecule has 5 heteroatoms. The second-order valence-electron chi connectivity index (χ2n) is 3.43. The first-order valence-corrected chi connectivity index (χ1v) is 5.60. The first-order chi connectivity index (χ1) is 6.75. The van der Waals surface area contributed by atoms with E-state index in [1.165, 1.54) is 11.3 Å². The first kappa shape index (κ1) is 9.61. The number of amides is 1. The SMILES string of the molecule is Cc1csc(NC(=O)[C@@H]2CCCN2)n1. The first-order valence-electron chi connectivity index (χ1n) is 4.72. The molecule has 14 heavy (non-hydrogen) atoms. The Hall–Kier alpha value is -0.940. The van der Waals surface area contributed by atoms with Crippen LogP contribution in [0.3, 0.4) is 0 Å². The predicted molar refractivity (Wildman–Crippen MR) is 56.5 cm³/mol. The lowest BCUT2D eigenvalue weighted by atomic mass is 10.2. The Morgan fingerprint density at radius 3 is 3.21 bits per heavy atom. The van der Waals surface area contributed by atoms with Gasteiger partial charge in [0, 0.05) is 5.38 Å². The Balaban J connectivity index is 1.93. The van der Waals surface area contributed by atoms with Gasteiger partial charge in [-0.3, -0.25) is 4.79 Å². The van der Waals surface area contributed by atoms with Crippen LogP contribution in [0, 0.1) is 6.92 Å². The lowest BCUT2D eigenvalue weighted by molar-refractivity contribution is -0.117. The number of nitrogens with zero attached hydrogens (tertiary/aromatic N) is 1. The van der Waals surface area contributed by atoms with Crippen molar-refractivity contribution in [3.63, 3.8) is 0 Å². The minimum absolute atomic E-state index is 0.0285. The van der Waals surface area contributed by atoms with Crippen LogP contribution < -0.4 is 10.6 Å². The molecule has 0 aromatic carbocycles. The number of thiazole rings is 1. The lowest BCUT2D eigenvalue weighted by Gasteiger charge is -2.08. The number of aryl methyl sites for hydroxylation is 1. The maximum Gasteiger partial charge on any atom is 0.243 e. The maximum absolute atomic E-state index is 11.6. The van der Waals surface area contributed by atoms with Gasteiger partial charge >= 0.3 is 0 Å². The number of rotatable bonds is 2. The van der Waals surface area contributed by atoms with Crippen LogP contribution in [0.15, 0.2) is 5.38 Å². The Bertz CT molecular complexity index is 331. The van der Waals surface area contributed by atoms with Crippen molar-refractivity contribution < 1.29 is 4.79 Å². The summed E-state index contributed by atoms with van der Waals surface area (Å²) in [5.41, 5.74) is 0.949. The fraction of sp³-hybridized carbons (Fsp3) is 0.556. The molecule has 1 aromatic rings. The van der Waals surface area contributed by atoms with Crippen molar-refractivity contribution in [2.75, 3.05) is 11.9 Å². The third-order valence-electron chi connectivity index (χ3n) is 2.23. The molecule has 1 amide bonds. The van der Waals surface area contributed by atoms with Gasteiger partial charge in [-0.05, 0) is 26.3 Å². The van der Waals surface area contributed by atoms with E-state index >= 15 is 0 Å². The zero-order chi connectivity index (χ0) is 9.97. The van der Waals surface area contributed by atoms with E-state index in [4.69, 9.17) is 0 Å². The van der Waals surface area contributed by atoms with Crippen LogP contribution in [0.25, 0.3) is 0 Å². The summed E-state index contributed by atoms with van der Waals surface area (Å²) >= 11 is 1.47. The molecule has 1 aliphatic heterocycles. The van der Waals surface area contributed by atoms with Gasteiger partial charge < -0.3 is 10.6 Å². The van der Waals surface area contributed by atoms with Crippen LogP contribution >= 0.6 is 11.3 Å². The molecule has 2 rings (SSSR count). The van der Waals surface area contributed by atoms with Crippen molar-refractivity contribution in [3.05, 3.63) is 11.1 Å². The highest BCUT2D eigenvalue weighted by Gasteiger charge is 2.22. The van der Waals surface area contributed by atoms with E-state index in [-0.39, 0.29) is 11.9 Å². The molecule has 0 bridgehead atoms. The summed E-state index contributed by atoms with van der Waals surface area (Å²) in [6.45, 7) is 2.86. The van der Waals surface area contributed by atoms with Gasteiger partial charge in [0.15, 0.2) is 5.13 Å². The fourth-order valence-corrected chi connectivity index (χ4v) is 2.20. The van der Waals surface area contributed by atoms with Gasteiger partial charge in [0.05, 0.1) is 11.7 Å². The zero-order valence-electron chi connectivity index (χ0n) is 8.04. The molecule has 1 atom stereocenters. The van der Waals surface area contributed by atoms with Crippen LogP contribution in [0.5, 0.6) is 0 Å². The second-order valence-corrected chi connectivity index (χ2v) is 4.29. The molecule has 4 nitrogen and oxygen atoms in total. The standard InChI is InChI=1S/C9H13N3OS/c1-6-5-14-9(11-6)12-8(13)7-3-2-4-10-7/h5,7,10H,2-4H2,1H3,(H,11,12,13)/t7-/m0/s1. The highest BCUT2D eigenvalue weighted by molar-refractivity contribution is 7.13. The quantitative estimate of drug-likeness (QED) is 0.771. The topological polar surface area (TPSA) is 54.0 Å². The van der Waals surface area contributed by atoms with Crippen molar-refractivity contribution in [1.82, 2.24) is 10.3 Å². The molecule has 2 N–H and O–H groups in total. The zero-order valence-corrected chi connectivity index (χ0v) is 8.86. The second kappa shape index (κ2) is 4.06. The molecule has 76 valence electrons. The summed E-state index contributed by atoms with van der Waals surface area (Å²) in [4.78, 5) is 15.8. The van der Waals surface area contributed by atoms with Crippen molar-refractivity contribution in [2.24, 2.45) is 0 Å². The summed E-state index contributed by atoms with van der Waals surface area (Å²) < 4.78 is 0. The molecular weight excluding hydrogens is 198 g/mol. The lowest BCUT2D eigenvalue weighted by Crippen LogP contribution is -2.35. The van der Waals surface area contributed by atoms with Crippen LogP contribution in [0.4, 0.5) is 5.13 Å². The van der Waals surface area contributed by atoms with Crippen molar-refractivity contribution in [2.45, 2.75) is 25.8 Å². The minimum Gasteiger partial charge on any atom is -0.306 e. The van der Waals surface area contributed by atoms with E-state index in [0.29, 0.717) is 5.13 Å². The molecule has 0 spiro atoms. The van der Waals surface area contributed by atoms with E-state index in [9.17, 15) is 4.79 Å². The third kappa shape index (κ3) is 2.10. The Labute approximate surface area is 86.7 Å². The van der Waals surface area contributed by atoms with Crippen molar-refractivity contribution >= 4 is 22.4 Å². The van der Waals surface area contributed by atoms with E-state index < -0.39 is 0 Å². The largest absolute Gasteiger partial charge is 0.306 e. The number of carbonyl (C=O) groups excluding carboxylic acids is 1. The number of hydrogen-bond acceptors (Lipinski definition) is 4. The summed E-state index contributed by atoms with van der Waals surface area (Å²) in [6.07, 6.45) is 2.01. The molecule has 0 aliphatic carbocycles. The van der Waals surface area contributed by atoms with Crippen LogP contribution in [0.2, 0.25) is 0 Å². The molecule has 1 saturated heterocycles. The van der Waals surface area contributed by atoms with Crippen molar-refractivity contribution in [3.8, 4) is 0 Å². The van der Waals surface area contributed by atoms with Gasteiger partial charge in [-0.1, -0.05) is 0 Å². The predicted octanol–water partition coefficient (Wildman–Crippen LogP) is 1.14. The molecule has 2 heterocycles. The van der Waals surface area contributed by atoms with Crippen LogP contribution in [-0.4, -0.2) is 23.5 Å². The van der Waals surface area contributed by atoms with Gasteiger partial charge in [-0.15, -0.1) is 11.3 Å². The highest BCUT2D eigenvalue weighted by atomic mass is 32.1. The average Bonchev–Trinajstić information content (AvgIpc) is 2.75. The third-order valence-corrected chi connectivity index (χ3v) is 3.10. The van der Waals surface area contributed by atoms with E-state index in [2.05, 4.69) is 15.6 Å². The highest BCUT2D eigenvalue weighted by Crippen LogP contribution is 2.15. The van der Waals surface area contributed by atoms with Gasteiger partial charge in [0.25, 0.3) is 0 Å². The van der Waals surface area contributed by atoms with Gasteiger partial charge in [0.1, 0.15) is 0 Å². The normalized spacial score (nSPS) is 21.1. The summed E-state index contributed by atoms with van der Waals surface area (Å²) in [5, 5.41) is 8.58. The molecular formula is C9H13N3OS. The molecule has 0 unspecified atom stereocenters. The van der Waals surface area contributed by atoms with E-state index in [1.807, 2.05) is 12.3 Å². The Kier molecular flexibility index (Phi) is 2.79. The van der Waals surface area contributed by atoms with E-state index in [1.54, 1.807) is 0 Å². The van der Waals surface area contributed by atoms with Gasteiger partial charge in [0.2, 0.25) is 5.91 Å². The maximum atomic E-state index is 11.6. The van der Waals surface area contributed by atoms with E-state index in [0.717, 1.165) is 25.1 Å². The summed E-state index contributed by atoms with van der Waals surface area (Å²) in [5.74, 6) is 0.0388. The van der Waals surface area contributed by atoms with Crippen LogP contribution in [-0.2, 0) is 4.79 Å². The van der Waals surface area contributed by atoms with Crippen molar-refractivity contribution in [1.29, 1.82) is 0 Å². The number of nitrogens with one attached hydrogen (secondary N) is 2. The minimum atomic E-state index is -0.0285. The monoisotopic (exact) mass is 211 g/mol. The molecule has 0 radical (unpaired) electrons. The Morgan fingerprint density at radius 2 is 2.64 bits per heavy atom. The smallest absolute Gasteiger partial charge is 0.243 e. The average molecular weight is 211 g/mol. The number of anilines is 1. The summed E-state index contributed by atoms with van der Waals surface area (Å²) in [6, 6.07) is -0.0285. The molecule has 1 aromatic heterocycles.